The minimum atomic E-state index is -0.774. The first-order valence-corrected chi connectivity index (χ1v) is 10.9. The summed E-state index contributed by atoms with van der Waals surface area (Å²) in [6.45, 7) is 4.26. The Labute approximate surface area is 193 Å². The summed E-state index contributed by atoms with van der Waals surface area (Å²) in [4.78, 5) is 27.1. The Hall–Kier alpha value is -3.86. The van der Waals surface area contributed by atoms with E-state index in [1.807, 2.05) is 73.8 Å². The van der Waals surface area contributed by atoms with Gasteiger partial charge < -0.3 is 14.4 Å². The second-order valence-corrected chi connectivity index (χ2v) is 8.99. The van der Waals surface area contributed by atoms with Gasteiger partial charge in [-0.15, -0.1) is 0 Å². The summed E-state index contributed by atoms with van der Waals surface area (Å²) in [5.41, 5.74) is 3.45. The Kier molecular flexibility index (Phi) is 4.67. The van der Waals surface area contributed by atoms with E-state index in [0.29, 0.717) is 22.4 Å². The van der Waals surface area contributed by atoms with E-state index in [9.17, 15) is 9.59 Å². The lowest BCUT2D eigenvalue weighted by atomic mass is 9.76. The summed E-state index contributed by atoms with van der Waals surface area (Å²) < 4.78 is 11.5. The Bertz CT molecular complexity index is 1310. The highest BCUT2D eigenvalue weighted by molar-refractivity contribution is 6.09. The molecule has 1 atom stereocenters. The van der Waals surface area contributed by atoms with Crippen molar-refractivity contribution in [2.24, 2.45) is 0 Å². The number of fused-ring (bicyclic) bond motifs is 2. The lowest BCUT2D eigenvalue weighted by molar-refractivity contribution is 0.0574. The zero-order valence-corrected chi connectivity index (χ0v) is 19.1. The third kappa shape index (κ3) is 2.99. The Morgan fingerprint density at radius 2 is 1.64 bits per heavy atom. The van der Waals surface area contributed by atoms with Gasteiger partial charge in [-0.2, -0.15) is 0 Å². The Balaban J connectivity index is 1.55. The van der Waals surface area contributed by atoms with Gasteiger partial charge in [0.2, 0.25) is 5.72 Å². The highest BCUT2D eigenvalue weighted by atomic mass is 16.5. The van der Waals surface area contributed by atoms with Gasteiger partial charge in [-0.05, 0) is 68.0 Å². The van der Waals surface area contributed by atoms with E-state index in [2.05, 4.69) is 18.7 Å². The second-order valence-electron chi connectivity index (χ2n) is 8.99. The number of hydrogen-bond donors (Lipinski definition) is 0. The van der Waals surface area contributed by atoms with Crippen molar-refractivity contribution in [2.45, 2.75) is 25.0 Å². The van der Waals surface area contributed by atoms with Gasteiger partial charge in [-0.25, -0.2) is 4.79 Å². The van der Waals surface area contributed by atoms with E-state index in [0.717, 1.165) is 16.8 Å². The molecule has 2 aliphatic rings. The van der Waals surface area contributed by atoms with E-state index < -0.39 is 11.1 Å². The molecule has 0 fully saturated rings. The molecule has 0 radical (unpaired) electrons. The number of nitrogens with zero attached hydrogens (tertiary/aromatic N) is 1. The molecule has 0 bridgehead atoms. The first kappa shape index (κ1) is 21.0. The summed E-state index contributed by atoms with van der Waals surface area (Å²) in [6.07, 6.45) is 4.03. The maximum absolute atomic E-state index is 13.1. The molecule has 166 valence electrons. The summed E-state index contributed by atoms with van der Waals surface area (Å²) in [7, 11) is 3.37. The van der Waals surface area contributed by atoms with Gasteiger partial charge in [0.1, 0.15) is 5.75 Å². The molecular weight excluding hydrogens is 414 g/mol. The normalized spacial score (nSPS) is 19.6. The van der Waals surface area contributed by atoms with Crippen LogP contribution in [0, 0.1) is 0 Å². The molecule has 0 aromatic heterocycles. The van der Waals surface area contributed by atoms with Gasteiger partial charge in [0.05, 0.1) is 18.1 Å². The quantitative estimate of drug-likeness (QED) is 0.413. The third-order valence-corrected chi connectivity index (χ3v) is 6.91. The van der Waals surface area contributed by atoms with Crippen LogP contribution in [0.1, 0.15) is 51.3 Å². The zero-order valence-electron chi connectivity index (χ0n) is 19.1. The fourth-order valence-electron chi connectivity index (χ4n) is 4.95. The van der Waals surface area contributed by atoms with Gasteiger partial charge in [0, 0.05) is 29.4 Å². The van der Waals surface area contributed by atoms with E-state index in [1.54, 1.807) is 12.1 Å². The van der Waals surface area contributed by atoms with Crippen LogP contribution < -0.4 is 9.64 Å². The van der Waals surface area contributed by atoms with Crippen molar-refractivity contribution in [1.29, 1.82) is 0 Å². The lowest BCUT2D eigenvalue weighted by Crippen LogP contribution is -2.58. The Morgan fingerprint density at radius 3 is 2.36 bits per heavy atom. The number of ether oxygens (including phenoxy) is 2. The van der Waals surface area contributed by atoms with Crippen LogP contribution in [0.2, 0.25) is 0 Å². The number of benzene rings is 3. The van der Waals surface area contributed by atoms with Gasteiger partial charge in [0.15, 0.2) is 5.78 Å². The van der Waals surface area contributed by atoms with Crippen LogP contribution in [-0.4, -0.2) is 31.6 Å². The fraction of sp³-hybridized carbons (Fsp3) is 0.214. The number of methoxy groups -OCH3 is 1. The number of hydrogen-bond acceptors (Lipinski definition) is 5. The number of anilines is 1. The number of esters is 1. The molecule has 5 heteroatoms. The monoisotopic (exact) mass is 439 g/mol. The van der Waals surface area contributed by atoms with Crippen molar-refractivity contribution in [2.75, 3.05) is 19.1 Å². The van der Waals surface area contributed by atoms with Crippen LogP contribution in [-0.2, 0) is 10.2 Å². The van der Waals surface area contributed by atoms with E-state index in [4.69, 9.17) is 9.47 Å². The van der Waals surface area contributed by atoms with Gasteiger partial charge in [-0.1, -0.05) is 30.3 Å². The molecule has 1 spiro atoms. The van der Waals surface area contributed by atoms with Crippen molar-refractivity contribution in [3.63, 3.8) is 0 Å². The first-order chi connectivity index (χ1) is 15.8. The van der Waals surface area contributed by atoms with Crippen molar-refractivity contribution in [3.8, 4) is 5.75 Å². The molecule has 1 unspecified atom stereocenters. The molecule has 3 aromatic rings. The summed E-state index contributed by atoms with van der Waals surface area (Å²) in [5, 5.41) is 0. The van der Waals surface area contributed by atoms with Crippen LogP contribution in [0.25, 0.3) is 6.08 Å². The van der Waals surface area contributed by atoms with Crippen molar-refractivity contribution < 1.29 is 19.1 Å². The molecule has 3 aromatic carbocycles. The molecular formula is C28H25NO4. The average Bonchev–Trinajstić information content (AvgIpc) is 3.01. The Morgan fingerprint density at radius 1 is 0.909 bits per heavy atom. The van der Waals surface area contributed by atoms with Crippen LogP contribution in [0.15, 0.2) is 72.8 Å². The van der Waals surface area contributed by atoms with Gasteiger partial charge >= 0.3 is 5.97 Å². The van der Waals surface area contributed by atoms with Crippen molar-refractivity contribution in [1.82, 2.24) is 0 Å². The van der Waals surface area contributed by atoms with Crippen LogP contribution in [0.3, 0.4) is 0 Å². The second kappa shape index (κ2) is 7.34. The highest BCUT2D eigenvalue weighted by Gasteiger charge is 2.57. The molecule has 0 N–H and O–H groups in total. The van der Waals surface area contributed by atoms with Crippen molar-refractivity contribution in [3.05, 3.63) is 101 Å². The van der Waals surface area contributed by atoms with Crippen molar-refractivity contribution >= 4 is 23.5 Å². The average molecular weight is 440 g/mol. The number of ketones is 1. The van der Waals surface area contributed by atoms with Gasteiger partial charge in [0.25, 0.3) is 0 Å². The lowest BCUT2D eigenvalue weighted by Gasteiger charge is -2.45. The smallest absolute Gasteiger partial charge is 0.337 e. The number of likely N-dealkylation sites (N-methyl/N-ethyl adjacent to an activating group) is 1. The molecule has 2 aliphatic heterocycles. The molecule has 33 heavy (non-hydrogen) atoms. The standard InChI is InChI=1S/C28H25NO4/c1-27(2)22-17-20(25(30)18-8-6-5-7-9-18)10-12-23(22)29(3)28(27)15-14-19-16-21(26(31)32-4)11-13-24(19)33-28/h5-17H,1-4H3. The molecule has 0 amide bonds. The number of carbonyl (C=O) groups excluding carboxylic acids is 2. The SMILES string of the molecule is COC(=O)c1ccc2c(c1)C=CC1(O2)N(C)c2ccc(C(=O)c3ccccc3)cc2C1(C)C. The largest absolute Gasteiger partial charge is 0.465 e. The van der Waals surface area contributed by atoms with E-state index in [-0.39, 0.29) is 11.8 Å². The maximum atomic E-state index is 13.1. The minimum Gasteiger partial charge on any atom is -0.465 e. The molecule has 2 heterocycles. The van der Waals surface area contributed by atoms with Crippen LogP contribution in [0.4, 0.5) is 5.69 Å². The summed E-state index contributed by atoms with van der Waals surface area (Å²) >= 11 is 0. The predicted molar refractivity (Wildman–Crippen MR) is 128 cm³/mol. The first-order valence-electron chi connectivity index (χ1n) is 10.9. The molecule has 0 saturated heterocycles. The highest BCUT2D eigenvalue weighted by Crippen LogP contribution is 2.54. The fourth-order valence-corrected chi connectivity index (χ4v) is 4.95. The molecule has 0 saturated carbocycles. The van der Waals surface area contributed by atoms with Gasteiger partial charge in [-0.3, -0.25) is 4.79 Å². The van der Waals surface area contributed by atoms with E-state index >= 15 is 0 Å². The minimum absolute atomic E-state index is 0.00130. The third-order valence-electron chi connectivity index (χ3n) is 6.91. The number of carbonyl (C=O) groups is 2. The maximum Gasteiger partial charge on any atom is 0.337 e. The summed E-state index contributed by atoms with van der Waals surface area (Å²) in [5.74, 6) is 0.310. The van der Waals surface area contributed by atoms with E-state index in [1.165, 1.54) is 7.11 Å². The molecule has 0 aliphatic carbocycles. The molecule has 5 rings (SSSR count). The summed E-state index contributed by atoms with van der Waals surface area (Å²) in [6, 6.07) is 20.5. The van der Waals surface area contributed by atoms with Crippen LogP contribution in [0.5, 0.6) is 5.75 Å². The molecule has 5 nitrogen and oxygen atoms in total. The predicted octanol–water partition coefficient (Wildman–Crippen LogP) is 5.23. The topological polar surface area (TPSA) is 55.8 Å². The number of rotatable bonds is 3. The zero-order chi connectivity index (χ0) is 23.4. The van der Waals surface area contributed by atoms with Crippen LogP contribution >= 0.6 is 0 Å².